The van der Waals surface area contributed by atoms with Gasteiger partial charge >= 0.3 is 0 Å². The molecule has 0 aliphatic heterocycles. The molecule has 0 radical (unpaired) electrons. The summed E-state index contributed by atoms with van der Waals surface area (Å²) in [6.45, 7) is 0.459. The maximum atomic E-state index is 9.99. The van der Waals surface area contributed by atoms with Crippen molar-refractivity contribution in [1.29, 1.82) is 0 Å². The molecule has 0 aromatic heterocycles. The Labute approximate surface area is 92.8 Å². The molecule has 0 amide bonds. The Morgan fingerprint density at radius 1 is 1.38 bits per heavy atom. The Hall–Kier alpha value is -2.35. The first-order valence-corrected chi connectivity index (χ1v) is 4.72. The van der Waals surface area contributed by atoms with Crippen LogP contribution in [0.4, 0.5) is 5.69 Å². The fourth-order valence-electron chi connectivity index (χ4n) is 1.11. The first-order valence-electron chi connectivity index (χ1n) is 4.72. The highest BCUT2D eigenvalue weighted by atomic mass is 16.1. The maximum absolute atomic E-state index is 9.99. The number of hydrogen-bond acceptors (Lipinski definition) is 3. The van der Waals surface area contributed by atoms with E-state index in [-0.39, 0.29) is 0 Å². The van der Waals surface area contributed by atoms with Gasteiger partial charge in [-0.05, 0) is 29.6 Å². The van der Waals surface area contributed by atoms with Crippen LogP contribution >= 0.6 is 0 Å². The number of azide groups is 1. The number of isocyanates is 1. The molecule has 1 aromatic carbocycles. The van der Waals surface area contributed by atoms with Crippen molar-refractivity contribution in [3.8, 4) is 0 Å². The van der Waals surface area contributed by atoms with Gasteiger partial charge in [0, 0.05) is 11.5 Å². The van der Waals surface area contributed by atoms with E-state index in [1.54, 1.807) is 12.1 Å². The smallest absolute Gasteiger partial charge is 0.211 e. The molecule has 5 heteroatoms. The van der Waals surface area contributed by atoms with Crippen molar-refractivity contribution in [1.82, 2.24) is 0 Å². The van der Waals surface area contributed by atoms with Crippen molar-refractivity contribution in [2.75, 3.05) is 6.54 Å². The molecule has 1 aromatic rings. The van der Waals surface area contributed by atoms with E-state index in [2.05, 4.69) is 15.0 Å². The van der Waals surface area contributed by atoms with Crippen molar-refractivity contribution in [3.63, 3.8) is 0 Å². The summed E-state index contributed by atoms with van der Waals surface area (Å²) in [5.41, 5.74) is 9.65. The highest BCUT2D eigenvalue weighted by Crippen LogP contribution is 2.13. The molecule has 0 saturated carbocycles. The molecule has 1 rings (SSSR count). The summed E-state index contributed by atoms with van der Waals surface area (Å²) >= 11 is 0. The quantitative estimate of drug-likeness (QED) is 0.185. The lowest BCUT2D eigenvalue weighted by Gasteiger charge is -1.93. The zero-order valence-electron chi connectivity index (χ0n) is 8.58. The van der Waals surface area contributed by atoms with E-state index in [0.717, 1.165) is 5.56 Å². The largest absolute Gasteiger partial charge is 0.240 e. The van der Waals surface area contributed by atoms with E-state index in [1.165, 1.54) is 6.08 Å². The third-order valence-electron chi connectivity index (χ3n) is 1.84. The Morgan fingerprint density at radius 2 is 2.12 bits per heavy atom. The number of aliphatic imine (C=N–C) groups is 1. The zero-order chi connectivity index (χ0) is 11.6. The number of hydrogen-bond donors (Lipinski definition) is 0. The number of carbonyl (C=O) groups excluding carboxylic acids is 1. The number of rotatable bonds is 5. The second kappa shape index (κ2) is 7.01. The number of benzene rings is 1. The van der Waals surface area contributed by atoms with Crippen molar-refractivity contribution in [3.05, 3.63) is 46.3 Å². The van der Waals surface area contributed by atoms with Gasteiger partial charge in [-0.3, -0.25) is 0 Å². The summed E-state index contributed by atoms with van der Waals surface area (Å²) in [7, 11) is 0. The van der Waals surface area contributed by atoms with Gasteiger partial charge in [0.2, 0.25) is 6.08 Å². The molecule has 0 N–H and O–H groups in total. The third kappa shape index (κ3) is 4.24. The minimum absolute atomic E-state index is 0.459. The molecular weight excluding hydrogens is 204 g/mol. The highest BCUT2D eigenvalue weighted by molar-refractivity contribution is 5.55. The summed E-state index contributed by atoms with van der Waals surface area (Å²) in [4.78, 5) is 16.1. The van der Waals surface area contributed by atoms with Gasteiger partial charge in [0.05, 0.1) is 5.69 Å². The minimum atomic E-state index is 0.459. The molecule has 5 nitrogen and oxygen atoms in total. The Kier molecular flexibility index (Phi) is 5.14. The first kappa shape index (κ1) is 11.7. The van der Waals surface area contributed by atoms with E-state index >= 15 is 0 Å². The number of nitrogens with zero attached hydrogens (tertiary/aromatic N) is 4. The normalized spacial score (nSPS) is 9.50. The van der Waals surface area contributed by atoms with Gasteiger partial charge in [0.1, 0.15) is 0 Å². The van der Waals surface area contributed by atoms with E-state index < -0.39 is 0 Å². The van der Waals surface area contributed by atoms with Crippen LogP contribution in [0, 0.1) is 0 Å². The fraction of sp³-hybridized carbons (Fsp3) is 0.182. The molecule has 0 aliphatic rings. The van der Waals surface area contributed by atoms with Crippen LogP contribution < -0.4 is 0 Å². The summed E-state index contributed by atoms with van der Waals surface area (Å²) in [6.07, 6.45) is 6.03. The predicted octanol–water partition coefficient (Wildman–Crippen LogP) is 3.37. The molecule has 0 fully saturated rings. The van der Waals surface area contributed by atoms with Gasteiger partial charge in [0.25, 0.3) is 0 Å². The van der Waals surface area contributed by atoms with Crippen molar-refractivity contribution in [2.24, 2.45) is 10.1 Å². The molecule has 0 spiro atoms. The Balaban J connectivity index is 2.54. The second-order valence-electron chi connectivity index (χ2n) is 2.94. The summed E-state index contributed by atoms with van der Waals surface area (Å²) in [5, 5.41) is 3.41. The lowest BCUT2D eigenvalue weighted by Crippen LogP contribution is -1.74. The molecule has 0 atom stereocenters. The van der Waals surface area contributed by atoms with E-state index in [4.69, 9.17) is 5.53 Å². The standard InChI is InChI=1S/C11H10N4O/c12-15-14-8-2-1-3-10-4-6-11(7-5-10)13-9-16/h1,3-7H,2,8H2. The van der Waals surface area contributed by atoms with Crippen LogP contribution in [0.3, 0.4) is 0 Å². The lowest BCUT2D eigenvalue weighted by molar-refractivity contribution is 0.565. The van der Waals surface area contributed by atoms with Gasteiger partial charge in [-0.15, -0.1) is 0 Å². The molecule has 16 heavy (non-hydrogen) atoms. The predicted molar refractivity (Wildman–Crippen MR) is 61.9 cm³/mol. The molecular formula is C11H10N4O. The molecule has 80 valence electrons. The third-order valence-corrected chi connectivity index (χ3v) is 1.84. The Morgan fingerprint density at radius 3 is 2.75 bits per heavy atom. The van der Waals surface area contributed by atoms with E-state index in [9.17, 15) is 4.79 Å². The first-order chi connectivity index (χ1) is 7.86. The zero-order valence-corrected chi connectivity index (χ0v) is 8.58. The van der Waals surface area contributed by atoms with Crippen LogP contribution in [-0.2, 0) is 4.79 Å². The van der Waals surface area contributed by atoms with Crippen LogP contribution in [0.5, 0.6) is 0 Å². The molecule has 0 saturated heterocycles. The van der Waals surface area contributed by atoms with Crippen molar-refractivity contribution >= 4 is 17.8 Å². The van der Waals surface area contributed by atoms with Gasteiger partial charge in [-0.25, -0.2) is 4.79 Å². The topological polar surface area (TPSA) is 78.2 Å². The second-order valence-corrected chi connectivity index (χ2v) is 2.94. The highest BCUT2D eigenvalue weighted by Gasteiger charge is 1.88. The van der Waals surface area contributed by atoms with Crippen LogP contribution in [0.1, 0.15) is 12.0 Å². The van der Waals surface area contributed by atoms with Gasteiger partial charge in [-0.1, -0.05) is 29.4 Å². The van der Waals surface area contributed by atoms with E-state index in [1.807, 2.05) is 24.3 Å². The molecule has 0 bridgehead atoms. The lowest BCUT2D eigenvalue weighted by atomic mass is 10.2. The van der Waals surface area contributed by atoms with Gasteiger partial charge < -0.3 is 0 Å². The SMILES string of the molecule is [N-]=[N+]=NCCC=Cc1ccc(N=C=O)cc1. The van der Waals surface area contributed by atoms with Crippen LogP contribution in [0.25, 0.3) is 16.5 Å². The molecule has 0 heterocycles. The monoisotopic (exact) mass is 214 g/mol. The summed E-state index contributed by atoms with van der Waals surface area (Å²) in [5.74, 6) is 0. The average Bonchev–Trinajstić information content (AvgIpc) is 2.31. The van der Waals surface area contributed by atoms with Crippen molar-refractivity contribution in [2.45, 2.75) is 6.42 Å². The molecule has 0 aliphatic carbocycles. The van der Waals surface area contributed by atoms with Crippen LogP contribution in [0.15, 0.2) is 40.4 Å². The maximum Gasteiger partial charge on any atom is 0.240 e. The minimum Gasteiger partial charge on any atom is -0.211 e. The van der Waals surface area contributed by atoms with Gasteiger partial charge in [0.15, 0.2) is 0 Å². The van der Waals surface area contributed by atoms with Crippen molar-refractivity contribution < 1.29 is 4.79 Å². The van der Waals surface area contributed by atoms with Gasteiger partial charge in [-0.2, -0.15) is 4.99 Å². The fourth-order valence-corrected chi connectivity index (χ4v) is 1.11. The summed E-state index contributed by atoms with van der Waals surface area (Å²) in [6, 6.07) is 7.16. The van der Waals surface area contributed by atoms with Crippen LogP contribution in [0.2, 0.25) is 0 Å². The van der Waals surface area contributed by atoms with E-state index in [0.29, 0.717) is 18.7 Å². The summed E-state index contributed by atoms with van der Waals surface area (Å²) < 4.78 is 0. The Bertz CT molecular complexity index is 451. The van der Waals surface area contributed by atoms with Crippen LogP contribution in [-0.4, -0.2) is 12.6 Å². The average molecular weight is 214 g/mol. The molecule has 0 unspecified atom stereocenters.